The molecule has 1 amide bonds. The van der Waals surface area contributed by atoms with Crippen molar-refractivity contribution in [1.82, 2.24) is 14.9 Å². The minimum Gasteiger partial charge on any atom is -0.396 e. The molecule has 0 aromatic carbocycles. The Labute approximate surface area is 125 Å². The van der Waals surface area contributed by atoms with Crippen LogP contribution in [-0.4, -0.2) is 54.3 Å². The third-order valence-corrected chi connectivity index (χ3v) is 5.64. The first-order valence-electron chi connectivity index (χ1n) is 5.75. The van der Waals surface area contributed by atoms with Crippen LogP contribution in [-0.2, 0) is 14.8 Å². The predicted molar refractivity (Wildman–Crippen MR) is 78.4 cm³/mol. The molecule has 1 heterocycles. The van der Waals surface area contributed by atoms with E-state index in [4.69, 9.17) is 5.11 Å². The number of hydrogen-bond acceptors (Lipinski definition) is 8. The summed E-state index contributed by atoms with van der Waals surface area (Å²) in [5.74, 6) is 1.05. The first-order valence-corrected chi connectivity index (χ1v) is 9.20. The maximum absolute atomic E-state index is 11.9. The number of carbonyl (C=O) groups excluding carboxylic acids is 1. The van der Waals surface area contributed by atoms with Gasteiger partial charge in [0.05, 0.1) is 0 Å². The van der Waals surface area contributed by atoms with Crippen molar-refractivity contribution in [3.05, 3.63) is 0 Å². The van der Waals surface area contributed by atoms with E-state index in [0.717, 1.165) is 17.1 Å². The number of amides is 1. The Balaban J connectivity index is 2.43. The average molecular weight is 340 g/mol. The van der Waals surface area contributed by atoms with Gasteiger partial charge in [-0.3, -0.25) is 4.79 Å². The van der Waals surface area contributed by atoms with Gasteiger partial charge in [0.15, 0.2) is 0 Å². The van der Waals surface area contributed by atoms with E-state index in [-0.39, 0.29) is 28.5 Å². The largest absolute Gasteiger partial charge is 0.396 e. The van der Waals surface area contributed by atoms with Crippen LogP contribution < -0.4 is 10.0 Å². The van der Waals surface area contributed by atoms with E-state index in [1.807, 2.05) is 0 Å². The number of nitrogens with zero attached hydrogens (tertiary/aromatic N) is 2. The number of nitrogens with one attached hydrogen (secondary N) is 2. The molecule has 0 aliphatic rings. The summed E-state index contributed by atoms with van der Waals surface area (Å²) in [4.78, 5) is 10.8. The number of hydrogen-bond donors (Lipinski definition) is 3. The highest BCUT2D eigenvalue weighted by atomic mass is 32.2. The highest BCUT2D eigenvalue weighted by Gasteiger charge is 2.19. The van der Waals surface area contributed by atoms with Gasteiger partial charge in [0.25, 0.3) is 10.0 Å². The van der Waals surface area contributed by atoms with E-state index in [1.54, 1.807) is 11.8 Å². The molecule has 0 fully saturated rings. The van der Waals surface area contributed by atoms with Crippen LogP contribution in [0.15, 0.2) is 4.34 Å². The van der Waals surface area contributed by atoms with Gasteiger partial charge in [-0.1, -0.05) is 11.3 Å². The van der Waals surface area contributed by atoms with Crippen LogP contribution in [0.3, 0.4) is 0 Å². The van der Waals surface area contributed by atoms with Crippen LogP contribution >= 0.6 is 23.1 Å². The van der Waals surface area contributed by atoms with Gasteiger partial charge in [-0.15, -0.1) is 10.2 Å². The summed E-state index contributed by atoms with van der Waals surface area (Å²) >= 11 is 2.35. The number of sulfonamides is 1. The molecule has 8 nitrogen and oxygen atoms in total. The number of anilines is 1. The number of aliphatic hydroxyl groups excluding tert-OH is 1. The zero-order valence-corrected chi connectivity index (χ0v) is 13.3. The number of rotatable bonds is 9. The maximum atomic E-state index is 11.9. The minimum absolute atomic E-state index is 0.134. The molecule has 3 N–H and O–H groups in total. The SMILES string of the molecule is CC(=O)Nc1nnc(S(=O)(=O)NCCSCCCO)s1. The summed E-state index contributed by atoms with van der Waals surface area (Å²) in [6.45, 7) is 1.71. The van der Waals surface area contributed by atoms with E-state index in [2.05, 4.69) is 20.2 Å². The Hall–Kier alpha value is -0.750. The molecule has 0 radical (unpaired) electrons. The van der Waals surface area contributed by atoms with Crippen molar-refractivity contribution in [2.24, 2.45) is 0 Å². The van der Waals surface area contributed by atoms with Crippen LogP contribution in [0.5, 0.6) is 0 Å². The number of carbonyl (C=O) groups is 1. The van der Waals surface area contributed by atoms with E-state index in [9.17, 15) is 13.2 Å². The molecule has 0 bridgehead atoms. The van der Waals surface area contributed by atoms with Gasteiger partial charge in [-0.2, -0.15) is 11.8 Å². The van der Waals surface area contributed by atoms with Crippen LogP contribution in [0.4, 0.5) is 5.13 Å². The van der Waals surface area contributed by atoms with Gasteiger partial charge < -0.3 is 10.4 Å². The zero-order valence-electron chi connectivity index (χ0n) is 10.8. The van der Waals surface area contributed by atoms with Crippen molar-refractivity contribution in [3.8, 4) is 0 Å². The summed E-state index contributed by atoms with van der Waals surface area (Å²) in [6.07, 6.45) is 0.688. The topological polar surface area (TPSA) is 121 Å². The Morgan fingerprint density at radius 1 is 1.40 bits per heavy atom. The molecule has 1 aromatic heterocycles. The van der Waals surface area contributed by atoms with Crippen LogP contribution in [0.25, 0.3) is 0 Å². The predicted octanol–water partition coefficient (Wildman–Crippen LogP) is -0.110. The van der Waals surface area contributed by atoms with E-state index < -0.39 is 10.0 Å². The fourth-order valence-electron chi connectivity index (χ4n) is 1.10. The fraction of sp³-hybridized carbons (Fsp3) is 0.667. The first-order chi connectivity index (χ1) is 9.45. The van der Waals surface area contributed by atoms with Crippen molar-refractivity contribution >= 4 is 44.2 Å². The van der Waals surface area contributed by atoms with Crippen molar-refractivity contribution in [2.75, 3.05) is 30.0 Å². The molecule has 1 rings (SSSR count). The molecule has 114 valence electrons. The van der Waals surface area contributed by atoms with Crippen molar-refractivity contribution < 1.29 is 18.3 Å². The van der Waals surface area contributed by atoms with Crippen LogP contribution in [0.1, 0.15) is 13.3 Å². The third-order valence-electron chi connectivity index (χ3n) is 1.90. The molecule has 0 saturated heterocycles. The molecular formula is C9H16N4O4S3. The standard InChI is InChI=1S/C9H16N4O4S3/c1-7(15)11-8-12-13-9(19-8)20(16,17)10-3-6-18-5-2-4-14/h10,14H,2-6H2,1H3,(H,11,12,15). The van der Waals surface area contributed by atoms with E-state index >= 15 is 0 Å². The monoisotopic (exact) mass is 340 g/mol. The Morgan fingerprint density at radius 2 is 2.15 bits per heavy atom. The lowest BCUT2D eigenvalue weighted by Gasteiger charge is -2.03. The Morgan fingerprint density at radius 3 is 2.80 bits per heavy atom. The second kappa shape index (κ2) is 8.52. The van der Waals surface area contributed by atoms with E-state index in [0.29, 0.717) is 12.2 Å². The quantitative estimate of drug-likeness (QED) is 0.423. The molecule has 11 heteroatoms. The fourth-order valence-corrected chi connectivity index (χ4v) is 4.03. The second-order valence-corrected chi connectivity index (χ2v) is 7.78. The molecule has 0 saturated carbocycles. The van der Waals surface area contributed by atoms with Gasteiger partial charge in [-0.05, 0) is 12.2 Å². The van der Waals surface area contributed by atoms with Gasteiger partial charge in [-0.25, -0.2) is 13.1 Å². The maximum Gasteiger partial charge on any atom is 0.269 e. The van der Waals surface area contributed by atoms with Gasteiger partial charge in [0, 0.05) is 25.8 Å². The highest BCUT2D eigenvalue weighted by molar-refractivity contribution is 7.99. The molecule has 0 aliphatic carbocycles. The van der Waals surface area contributed by atoms with Crippen molar-refractivity contribution in [1.29, 1.82) is 0 Å². The second-order valence-electron chi connectivity index (χ2n) is 3.64. The first kappa shape index (κ1) is 17.3. The molecule has 20 heavy (non-hydrogen) atoms. The van der Waals surface area contributed by atoms with Crippen molar-refractivity contribution in [2.45, 2.75) is 17.7 Å². The van der Waals surface area contributed by atoms with Gasteiger partial charge in [0.1, 0.15) is 0 Å². The Bertz CT molecular complexity index is 531. The lowest BCUT2D eigenvalue weighted by molar-refractivity contribution is -0.114. The normalized spacial score (nSPS) is 11.5. The molecule has 0 spiro atoms. The molecule has 0 unspecified atom stereocenters. The molecular weight excluding hydrogens is 324 g/mol. The number of aromatic nitrogens is 2. The van der Waals surface area contributed by atoms with Gasteiger partial charge in [0.2, 0.25) is 15.4 Å². The summed E-state index contributed by atoms with van der Waals surface area (Å²) < 4.78 is 25.9. The number of aliphatic hydroxyl groups is 1. The molecule has 0 aliphatic heterocycles. The Kier molecular flexibility index (Phi) is 7.37. The highest BCUT2D eigenvalue weighted by Crippen LogP contribution is 2.19. The lowest BCUT2D eigenvalue weighted by atomic mass is 10.5. The minimum atomic E-state index is -3.69. The van der Waals surface area contributed by atoms with Gasteiger partial charge >= 0.3 is 0 Å². The summed E-state index contributed by atoms with van der Waals surface area (Å²) in [5, 5.41) is 18.2. The average Bonchev–Trinajstić information content (AvgIpc) is 2.82. The molecule has 1 aromatic rings. The lowest BCUT2D eigenvalue weighted by Crippen LogP contribution is -2.26. The van der Waals surface area contributed by atoms with Crippen LogP contribution in [0.2, 0.25) is 0 Å². The van der Waals surface area contributed by atoms with E-state index in [1.165, 1.54) is 6.92 Å². The summed E-state index contributed by atoms with van der Waals surface area (Å²) in [7, 11) is -3.69. The zero-order chi connectivity index (χ0) is 15.0. The van der Waals surface area contributed by atoms with Crippen molar-refractivity contribution in [3.63, 3.8) is 0 Å². The summed E-state index contributed by atoms with van der Waals surface area (Å²) in [6, 6.07) is 0. The third kappa shape index (κ3) is 6.13. The molecule has 0 atom stereocenters. The summed E-state index contributed by atoms with van der Waals surface area (Å²) in [5.41, 5.74) is 0. The number of thioether (sulfide) groups is 1. The smallest absolute Gasteiger partial charge is 0.269 e. The van der Waals surface area contributed by atoms with Crippen LogP contribution in [0, 0.1) is 0 Å².